The summed E-state index contributed by atoms with van der Waals surface area (Å²) in [7, 11) is 2.03. The molecular weight excluding hydrogens is 174 g/mol. The molecule has 1 amide bonds. The van der Waals surface area contributed by atoms with Crippen molar-refractivity contribution in [3.05, 3.63) is 0 Å². The number of carbonyl (C=O) groups is 1. The topological polar surface area (TPSA) is 20.3 Å². The highest BCUT2D eigenvalue weighted by molar-refractivity contribution is 5.79. The molecule has 0 spiro atoms. The Balaban J connectivity index is 1.74. The van der Waals surface area contributed by atoms with E-state index in [9.17, 15) is 4.79 Å². The molecule has 4 rings (SSSR count). The van der Waals surface area contributed by atoms with Gasteiger partial charge in [0.25, 0.3) is 0 Å². The molecule has 6 atom stereocenters. The summed E-state index contributed by atoms with van der Waals surface area (Å²) in [5, 5.41) is 0. The smallest absolute Gasteiger partial charge is 0.222 e. The monoisotopic (exact) mass is 191 g/mol. The molecule has 0 aromatic carbocycles. The molecule has 2 heteroatoms. The summed E-state index contributed by atoms with van der Waals surface area (Å²) >= 11 is 0. The van der Waals surface area contributed by atoms with E-state index in [1.165, 1.54) is 19.3 Å². The van der Waals surface area contributed by atoms with Crippen LogP contribution in [-0.2, 0) is 4.79 Å². The van der Waals surface area contributed by atoms with E-state index in [0.717, 1.165) is 36.0 Å². The highest BCUT2D eigenvalue weighted by atomic mass is 16.2. The summed E-state index contributed by atoms with van der Waals surface area (Å²) in [5.74, 6) is 5.02. The lowest BCUT2D eigenvalue weighted by Gasteiger charge is -2.46. The SMILES string of the molecule is CN1C(=O)CC2C3CC(C4CCC34)C21. The molecule has 14 heavy (non-hydrogen) atoms. The van der Waals surface area contributed by atoms with Crippen molar-refractivity contribution >= 4 is 5.91 Å². The van der Waals surface area contributed by atoms with Crippen LogP contribution in [0.3, 0.4) is 0 Å². The second-order valence-electron chi connectivity index (χ2n) is 5.83. The van der Waals surface area contributed by atoms with Crippen LogP contribution in [0.2, 0.25) is 0 Å². The third-order valence-corrected chi connectivity index (χ3v) is 5.71. The van der Waals surface area contributed by atoms with E-state index in [4.69, 9.17) is 0 Å². The largest absolute Gasteiger partial charge is 0.342 e. The Labute approximate surface area is 84.7 Å². The van der Waals surface area contributed by atoms with Crippen molar-refractivity contribution in [2.24, 2.45) is 29.6 Å². The summed E-state index contributed by atoms with van der Waals surface area (Å²) in [6, 6.07) is 0.647. The van der Waals surface area contributed by atoms with Gasteiger partial charge in [0, 0.05) is 19.5 Å². The second kappa shape index (κ2) is 2.17. The number of rotatable bonds is 0. The predicted octanol–water partition coefficient (Wildman–Crippen LogP) is 1.51. The molecule has 2 nitrogen and oxygen atoms in total. The van der Waals surface area contributed by atoms with Gasteiger partial charge < -0.3 is 4.90 Å². The minimum absolute atomic E-state index is 0.413. The molecule has 3 saturated carbocycles. The summed E-state index contributed by atoms with van der Waals surface area (Å²) in [5.41, 5.74) is 0. The molecule has 6 unspecified atom stereocenters. The van der Waals surface area contributed by atoms with Gasteiger partial charge in [0.15, 0.2) is 0 Å². The molecular formula is C12H17NO. The lowest BCUT2D eigenvalue weighted by atomic mass is 9.61. The highest BCUT2D eigenvalue weighted by Crippen LogP contribution is 2.66. The Hall–Kier alpha value is -0.530. The number of fused-ring (bicyclic) bond motifs is 8. The van der Waals surface area contributed by atoms with Crippen molar-refractivity contribution in [3.63, 3.8) is 0 Å². The van der Waals surface area contributed by atoms with E-state index in [2.05, 4.69) is 4.90 Å². The highest BCUT2D eigenvalue weighted by Gasteiger charge is 2.64. The van der Waals surface area contributed by atoms with Gasteiger partial charge in [0.2, 0.25) is 5.91 Å². The third-order valence-electron chi connectivity index (χ3n) is 5.71. The first-order valence-corrected chi connectivity index (χ1v) is 6.03. The molecule has 0 aromatic rings. The van der Waals surface area contributed by atoms with Gasteiger partial charge in [-0.1, -0.05) is 0 Å². The average molecular weight is 191 g/mol. The Morgan fingerprint density at radius 3 is 2.50 bits per heavy atom. The van der Waals surface area contributed by atoms with Crippen molar-refractivity contribution in [1.82, 2.24) is 4.90 Å². The molecule has 0 radical (unpaired) electrons. The van der Waals surface area contributed by atoms with E-state index >= 15 is 0 Å². The quantitative estimate of drug-likeness (QED) is 0.568. The Bertz CT molecular complexity index is 313. The van der Waals surface area contributed by atoms with E-state index < -0.39 is 0 Å². The molecule has 1 saturated heterocycles. The van der Waals surface area contributed by atoms with Crippen LogP contribution in [0.25, 0.3) is 0 Å². The molecule has 4 aliphatic rings. The van der Waals surface area contributed by atoms with Gasteiger partial charge >= 0.3 is 0 Å². The number of hydrogen-bond acceptors (Lipinski definition) is 1. The fourth-order valence-electron chi connectivity index (χ4n) is 5.09. The fraction of sp³-hybridized carbons (Fsp3) is 0.917. The molecule has 3 aliphatic carbocycles. The van der Waals surface area contributed by atoms with Crippen LogP contribution in [0.4, 0.5) is 0 Å². The maximum Gasteiger partial charge on any atom is 0.222 e. The van der Waals surface area contributed by atoms with Crippen LogP contribution in [0.5, 0.6) is 0 Å². The molecule has 0 aromatic heterocycles. The van der Waals surface area contributed by atoms with Gasteiger partial charge in [0.05, 0.1) is 0 Å². The zero-order chi connectivity index (χ0) is 9.45. The van der Waals surface area contributed by atoms with Gasteiger partial charge in [-0.15, -0.1) is 0 Å². The minimum atomic E-state index is 0.413. The summed E-state index contributed by atoms with van der Waals surface area (Å²) in [6.07, 6.45) is 5.23. The van der Waals surface area contributed by atoms with Crippen LogP contribution in [0.15, 0.2) is 0 Å². The number of nitrogens with zero attached hydrogens (tertiary/aromatic N) is 1. The standard InChI is InChI=1S/C12H17NO/c1-13-11(14)5-10-8-4-9(12(10)13)7-3-2-6(7)8/h6-10,12H,2-5H2,1H3. The van der Waals surface area contributed by atoms with Crippen LogP contribution < -0.4 is 0 Å². The number of carbonyl (C=O) groups excluding carboxylic acids is 1. The normalized spacial score (nSPS) is 58.6. The molecule has 76 valence electrons. The first kappa shape index (κ1) is 7.72. The van der Waals surface area contributed by atoms with E-state index in [0.29, 0.717) is 11.9 Å². The average Bonchev–Trinajstić information content (AvgIpc) is 2.62. The maximum absolute atomic E-state index is 11.7. The predicted molar refractivity (Wildman–Crippen MR) is 52.5 cm³/mol. The van der Waals surface area contributed by atoms with Crippen LogP contribution in [-0.4, -0.2) is 23.9 Å². The summed E-state index contributed by atoms with van der Waals surface area (Å²) in [4.78, 5) is 13.7. The van der Waals surface area contributed by atoms with Crippen molar-refractivity contribution < 1.29 is 4.79 Å². The minimum Gasteiger partial charge on any atom is -0.342 e. The lowest BCUT2D eigenvalue weighted by Crippen LogP contribution is -2.46. The maximum atomic E-state index is 11.7. The van der Waals surface area contributed by atoms with E-state index in [1.54, 1.807) is 0 Å². The van der Waals surface area contributed by atoms with Crippen molar-refractivity contribution in [1.29, 1.82) is 0 Å². The van der Waals surface area contributed by atoms with Gasteiger partial charge in [0.1, 0.15) is 0 Å². The zero-order valence-corrected chi connectivity index (χ0v) is 8.65. The molecule has 0 N–H and O–H groups in total. The third kappa shape index (κ3) is 0.636. The first-order valence-electron chi connectivity index (χ1n) is 6.03. The van der Waals surface area contributed by atoms with Gasteiger partial charge in [-0.2, -0.15) is 0 Å². The summed E-state index contributed by atoms with van der Waals surface area (Å²) in [6.45, 7) is 0. The Morgan fingerprint density at radius 2 is 1.79 bits per heavy atom. The van der Waals surface area contributed by atoms with Crippen LogP contribution in [0, 0.1) is 29.6 Å². The van der Waals surface area contributed by atoms with Gasteiger partial charge in [-0.25, -0.2) is 0 Å². The molecule has 1 heterocycles. The molecule has 2 bridgehead atoms. The second-order valence-corrected chi connectivity index (χ2v) is 5.83. The lowest BCUT2D eigenvalue weighted by molar-refractivity contribution is -0.128. The Morgan fingerprint density at radius 1 is 1.07 bits per heavy atom. The van der Waals surface area contributed by atoms with Crippen molar-refractivity contribution in [2.75, 3.05) is 7.05 Å². The fourth-order valence-corrected chi connectivity index (χ4v) is 5.09. The van der Waals surface area contributed by atoms with Gasteiger partial charge in [-0.3, -0.25) is 4.79 Å². The van der Waals surface area contributed by atoms with Gasteiger partial charge in [-0.05, 0) is 48.9 Å². The van der Waals surface area contributed by atoms with Crippen molar-refractivity contribution in [2.45, 2.75) is 31.7 Å². The summed E-state index contributed by atoms with van der Waals surface area (Å²) < 4.78 is 0. The van der Waals surface area contributed by atoms with Crippen molar-refractivity contribution in [3.8, 4) is 0 Å². The van der Waals surface area contributed by atoms with E-state index in [1.807, 2.05) is 7.05 Å². The van der Waals surface area contributed by atoms with E-state index in [-0.39, 0.29) is 0 Å². The molecule has 4 fully saturated rings. The number of likely N-dealkylation sites (tertiary alicyclic amines) is 1. The number of amides is 1. The molecule has 1 aliphatic heterocycles. The first-order chi connectivity index (χ1) is 6.77. The number of hydrogen-bond donors (Lipinski definition) is 0. The van der Waals surface area contributed by atoms with Crippen LogP contribution >= 0.6 is 0 Å². The Kier molecular flexibility index (Phi) is 1.20. The zero-order valence-electron chi connectivity index (χ0n) is 8.65. The van der Waals surface area contributed by atoms with Crippen LogP contribution in [0.1, 0.15) is 25.7 Å².